The maximum Gasteiger partial charge on any atom is 0.411 e. The summed E-state index contributed by atoms with van der Waals surface area (Å²) < 4.78 is 11.0. The van der Waals surface area contributed by atoms with Crippen LogP contribution in [0.3, 0.4) is 0 Å². The fourth-order valence-electron chi connectivity index (χ4n) is 2.83. The molecule has 1 fully saturated rings. The summed E-state index contributed by atoms with van der Waals surface area (Å²) in [6, 6.07) is 8.93. The summed E-state index contributed by atoms with van der Waals surface area (Å²) in [5.41, 5.74) is 0.920. The van der Waals surface area contributed by atoms with Gasteiger partial charge in [-0.2, -0.15) is 0 Å². The van der Waals surface area contributed by atoms with Gasteiger partial charge in [-0.25, -0.2) is 9.59 Å². The van der Waals surface area contributed by atoms with Crippen molar-refractivity contribution in [3.8, 4) is 0 Å². The highest BCUT2D eigenvalue weighted by molar-refractivity contribution is 14.1. The van der Waals surface area contributed by atoms with E-state index in [9.17, 15) is 9.59 Å². The van der Waals surface area contributed by atoms with Gasteiger partial charge in [-0.1, -0.05) is 59.8 Å². The Kier molecular flexibility index (Phi) is 6.05. The number of carbonyl (C=O) groups is 2. The first-order valence-electron chi connectivity index (χ1n) is 7.21. The zero-order valence-electron chi connectivity index (χ0n) is 12.7. The molecule has 0 radical (unpaired) electrons. The van der Waals surface area contributed by atoms with E-state index in [0.717, 1.165) is 16.4 Å². The number of esters is 1. The predicted molar refractivity (Wildman–Crippen MR) is 90.7 cm³/mol. The Morgan fingerprint density at radius 2 is 2.00 bits per heavy atom. The quantitative estimate of drug-likeness (QED) is 0.430. The van der Waals surface area contributed by atoms with Crippen molar-refractivity contribution < 1.29 is 19.1 Å². The number of methoxy groups -OCH3 is 1. The highest BCUT2D eigenvalue weighted by atomic mass is 127. The zero-order valence-corrected chi connectivity index (χ0v) is 14.9. The molecule has 1 amide bonds. The first-order valence-corrected chi connectivity index (χ1v) is 8.73. The molecular weight excluding hydrogens is 397 g/mol. The lowest BCUT2D eigenvalue weighted by Gasteiger charge is -2.28. The fraction of sp³-hybridized carbons (Fsp3) is 0.500. The van der Waals surface area contributed by atoms with Crippen LogP contribution < -0.4 is 0 Å². The molecule has 6 heteroatoms. The Morgan fingerprint density at radius 1 is 1.32 bits per heavy atom. The summed E-state index contributed by atoms with van der Waals surface area (Å²) in [5.74, 6) is -0.312. The highest BCUT2D eigenvalue weighted by Crippen LogP contribution is 2.32. The van der Waals surface area contributed by atoms with Crippen molar-refractivity contribution >= 4 is 34.7 Å². The topological polar surface area (TPSA) is 55.8 Å². The van der Waals surface area contributed by atoms with E-state index in [0.29, 0.717) is 0 Å². The van der Waals surface area contributed by atoms with Crippen molar-refractivity contribution in [2.75, 3.05) is 11.5 Å². The fourth-order valence-corrected chi connectivity index (χ4v) is 3.62. The molecule has 1 aliphatic rings. The van der Waals surface area contributed by atoms with Crippen molar-refractivity contribution in [2.45, 2.75) is 32.0 Å². The number of benzene rings is 1. The summed E-state index contributed by atoms with van der Waals surface area (Å²) in [6.07, 6.45) is 0.327. The normalized spacial score (nSPS) is 24.1. The van der Waals surface area contributed by atoms with Gasteiger partial charge in [0.2, 0.25) is 0 Å². The molecule has 1 unspecified atom stereocenters. The molecule has 0 bridgehead atoms. The summed E-state index contributed by atoms with van der Waals surface area (Å²) in [6.45, 7) is 2.16. The minimum absolute atomic E-state index is 0.00275. The molecule has 0 saturated carbocycles. The Bertz CT molecular complexity index is 522. The molecule has 0 aromatic heterocycles. The van der Waals surface area contributed by atoms with Crippen LogP contribution in [0.4, 0.5) is 4.79 Å². The molecule has 2 rings (SSSR count). The van der Waals surface area contributed by atoms with Gasteiger partial charge < -0.3 is 9.47 Å². The molecule has 22 heavy (non-hydrogen) atoms. The highest BCUT2D eigenvalue weighted by Gasteiger charge is 2.46. The van der Waals surface area contributed by atoms with Gasteiger partial charge in [-0.15, -0.1) is 0 Å². The lowest BCUT2D eigenvalue weighted by molar-refractivity contribution is -0.146. The van der Waals surface area contributed by atoms with Gasteiger partial charge in [0, 0.05) is 10.5 Å². The predicted octanol–water partition coefficient (Wildman–Crippen LogP) is 3.01. The van der Waals surface area contributed by atoms with Crippen LogP contribution in [0.15, 0.2) is 30.3 Å². The Morgan fingerprint density at radius 3 is 2.59 bits per heavy atom. The van der Waals surface area contributed by atoms with Crippen LogP contribution in [0.25, 0.3) is 0 Å². The average molecular weight is 417 g/mol. The summed E-state index contributed by atoms with van der Waals surface area (Å²) in [7, 11) is 1.35. The molecule has 120 valence electrons. The maximum atomic E-state index is 12.5. The standard InChI is InChI=1S/C16H20INO4/c1-11-8-13(9-17)18(14(11)15(19)21-2)16(20)22-10-12-6-4-3-5-7-12/h3-7,11,13-14H,8-10H2,1-2H3/t11-,13?,14-/m0/s1. The second-order valence-corrected chi connectivity index (χ2v) is 6.32. The molecule has 3 atom stereocenters. The third kappa shape index (κ3) is 3.71. The SMILES string of the molecule is COC(=O)[C@@H]1[C@@H](C)CC(CI)N1C(=O)OCc1ccccc1. The van der Waals surface area contributed by atoms with Crippen molar-refractivity contribution in [3.63, 3.8) is 0 Å². The maximum absolute atomic E-state index is 12.5. The second kappa shape index (κ2) is 7.80. The number of alkyl halides is 1. The van der Waals surface area contributed by atoms with Crippen LogP contribution in [0.1, 0.15) is 18.9 Å². The van der Waals surface area contributed by atoms with E-state index >= 15 is 0 Å². The average Bonchev–Trinajstić information content (AvgIpc) is 2.89. The van der Waals surface area contributed by atoms with E-state index < -0.39 is 12.1 Å². The molecule has 5 nitrogen and oxygen atoms in total. The molecular formula is C16H20INO4. The molecule has 1 heterocycles. The molecule has 1 aliphatic heterocycles. The molecule has 0 N–H and O–H groups in total. The third-order valence-corrected chi connectivity index (χ3v) is 4.93. The molecule has 0 aliphatic carbocycles. The van der Waals surface area contributed by atoms with Gasteiger partial charge >= 0.3 is 12.1 Å². The number of carbonyl (C=O) groups excluding carboxylic acids is 2. The summed E-state index contributed by atoms with van der Waals surface area (Å²) in [4.78, 5) is 26.0. The van der Waals surface area contributed by atoms with E-state index in [-0.39, 0.29) is 24.5 Å². The largest absolute Gasteiger partial charge is 0.467 e. The number of halogens is 1. The van der Waals surface area contributed by atoms with Crippen molar-refractivity contribution in [1.82, 2.24) is 4.90 Å². The minimum Gasteiger partial charge on any atom is -0.467 e. The van der Waals surface area contributed by atoms with E-state index in [4.69, 9.17) is 9.47 Å². The number of rotatable bonds is 4. The van der Waals surface area contributed by atoms with Gasteiger partial charge in [0.1, 0.15) is 12.6 Å². The van der Waals surface area contributed by atoms with Gasteiger partial charge in [-0.05, 0) is 17.9 Å². The van der Waals surface area contributed by atoms with Crippen molar-refractivity contribution in [1.29, 1.82) is 0 Å². The van der Waals surface area contributed by atoms with Gasteiger partial charge in [-0.3, -0.25) is 4.90 Å². The molecule has 1 saturated heterocycles. The van der Waals surface area contributed by atoms with Crippen LogP contribution in [0, 0.1) is 5.92 Å². The van der Waals surface area contributed by atoms with Crippen LogP contribution in [0.2, 0.25) is 0 Å². The van der Waals surface area contributed by atoms with Gasteiger partial charge in [0.05, 0.1) is 7.11 Å². The minimum atomic E-state index is -0.562. The Hall–Kier alpha value is -1.31. The molecule has 1 aromatic rings. The van der Waals surface area contributed by atoms with Crippen molar-refractivity contribution in [3.05, 3.63) is 35.9 Å². The molecule has 0 spiro atoms. The second-order valence-electron chi connectivity index (χ2n) is 5.44. The number of hydrogen-bond acceptors (Lipinski definition) is 4. The van der Waals surface area contributed by atoms with Gasteiger partial charge in [0.25, 0.3) is 0 Å². The van der Waals surface area contributed by atoms with Crippen LogP contribution >= 0.6 is 22.6 Å². The number of amides is 1. The summed E-state index contributed by atoms with van der Waals surface area (Å²) in [5, 5.41) is 0. The first-order chi connectivity index (χ1) is 10.6. The number of likely N-dealkylation sites (tertiary alicyclic amines) is 1. The van der Waals surface area contributed by atoms with E-state index in [2.05, 4.69) is 22.6 Å². The smallest absolute Gasteiger partial charge is 0.411 e. The zero-order chi connectivity index (χ0) is 16.1. The Labute approximate surface area is 144 Å². The summed E-state index contributed by atoms with van der Waals surface area (Å²) >= 11 is 2.23. The van der Waals surface area contributed by atoms with E-state index in [1.807, 2.05) is 37.3 Å². The Balaban J connectivity index is 2.08. The molecule has 1 aromatic carbocycles. The van der Waals surface area contributed by atoms with Crippen LogP contribution in [-0.2, 0) is 20.9 Å². The lowest BCUT2D eigenvalue weighted by atomic mass is 10.0. The van der Waals surface area contributed by atoms with Crippen LogP contribution in [0.5, 0.6) is 0 Å². The van der Waals surface area contributed by atoms with E-state index in [1.54, 1.807) is 4.90 Å². The number of nitrogens with zero attached hydrogens (tertiary/aromatic N) is 1. The van der Waals surface area contributed by atoms with E-state index in [1.165, 1.54) is 7.11 Å². The first kappa shape index (κ1) is 17.1. The third-order valence-electron chi connectivity index (χ3n) is 3.91. The lowest BCUT2D eigenvalue weighted by Crippen LogP contribution is -2.47. The number of ether oxygens (including phenoxy) is 2. The van der Waals surface area contributed by atoms with Gasteiger partial charge in [0.15, 0.2) is 0 Å². The number of hydrogen-bond donors (Lipinski definition) is 0. The van der Waals surface area contributed by atoms with Crippen LogP contribution in [-0.4, -0.2) is 40.6 Å². The van der Waals surface area contributed by atoms with Crippen molar-refractivity contribution in [2.24, 2.45) is 5.92 Å². The monoisotopic (exact) mass is 417 g/mol.